The van der Waals surface area contributed by atoms with E-state index in [0.29, 0.717) is 10.9 Å². The third-order valence-electron chi connectivity index (χ3n) is 6.31. The van der Waals surface area contributed by atoms with Gasteiger partial charge in [0, 0.05) is 43.6 Å². The molecule has 0 bridgehead atoms. The molecule has 1 atom stereocenters. The van der Waals surface area contributed by atoms with Crippen molar-refractivity contribution in [1.29, 1.82) is 0 Å². The van der Waals surface area contributed by atoms with Crippen molar-refractivity contribution in [2.75, 3.05) is 45.2 Å². The van der Waals surface area contributed by atoms with Crippen LogP contribution in [0.4, 0.5) is 19.0 Å². The first-order valence-corrected chi connectivity index (χ1v) is 12.6. The highest BCUT2D eigenvalue weighted by Crippen LogP contribution is 2.34. The molecule has 184 valence electrons. The smallest absolute Gasteiger partial charge is 0.356 e. The highest BCUT2D eigenvalue weighted by atomic mass is 32.1. The van der Waals surface area contributed by atoms with Crippen molar-refractivity contribution in [2.24, 2.45) is 0 Å². The van der Waals surface area contributed by atoms with Crippen LogP contribution in [0.2, 0.25) is 0 Å². The average molecular weight is 492 g/mol. The maximum atomic E-state index is 12.9. The number of rotatable bonds is 8. The molecule has 1 fully saturated rings. The molecule has 3 aromatic rings. The maximum Gasteiger partial charge on any atom is 0.393 e. The molecule has 34 heavy (non-hydrogen) atoms. The molecule has 0 saturated carbocycles. The van der Waals surface area contributed by atoms with Gasteiger partial charge in [0.15, 0.2) is 0 Å². The highest BCUT2D eigenvalue weighted by Gasteiger charge is 2.30. The number of aromatic nitrogens is 2. The minimum atomic E-state index is -4.22. The van der Waals surface area contributed by atoms with Crippen molar-refractivity contribution in [2.45, 2.75) is 44.4 Å². The van der Waals surface area contributed by atoms with E-state index in [-0.39, 0.29) is 4.88 Å². The lowest BCUT2D eigenvalue weighted by atomic mass is 10.1. The van der Waals surface area contributed by atoms with Crippen LogP contribution in [-0.2, 0) is 13.0 Å². The first-order valence-electron chi connectivity index (χ1n) is 11.8. The lowest BCUT2D eigenvalue weighted by molar-refractivity contribution is -0.126. The molecule has 1 aliphatic rings. The van der Waals surface area contributed by atoms with Gasteiger partial charge in [-0.1, -0.05) is 30.3 Å². The largest absolute Gasteiger partial charge is 0.393 e. The quantitative estimate of drug-likeness (QED) is 0.432. The third-order valence-corrected chi connectivity index (χ3v) is 7.35. The van der Waals surface area contributed by atoms with E-state index < -0.39 is 12.6 Å². The van der Waals surface area contributed by atoms with E-state index in [0.717, 1.165) is 74.5 Å². The van der Waals surface area contributed by atoms with Gasteiger partial charge in [-0.05, 0) is 45.0 Å². The zero-order chi connectivity index (χ0) is 24.1. The van der Waals surface area contributed by atoms with Gasteiger partial charge in [-0.2, -0.15) is 13.2 Å². The molecule has 0 N–H and O–H groups in total. The van der Waals surface area contributed by atoms with Gasteiger partial charge in [0.1, 0.15) is 17.0 Å². The Kier molecular flexibility index (Phi) is 8.06. The number of hydrogen-bond donors (Lipinski definition) is 0. The molecule has 0 spiro atoms. The van der Waals surface area contributed by atoms with Gasteiger partial charge >= 0.3 is 6.18 Å². The number of alkyl halides is 3. The Balaban J connectivity index is 1.49. The second kappa shape index (κ2) is 11.0. The minimum absolute atomic E-state index is 0.287. The Labute approximate surface area is 203 Å². The summed E-state index contributed by atoms with van der Waals surface area (Å²) in [7, 11) is 4.20. The molecule has 1 saturated heterocycles. The van der Waals surface area contributed by atoms with Crippen LogP contribution in [0.25, 0.3) is 10.2 Å². The van der Waals surface area contributed by atoms with E-state index >= 15 is 0 Å². The minimum Gasteiger partial charge on any atom is -0.356 e. The molecule has 0 aliphatic carbocycles. The lowest BCUT2D eigenvalue weighted by Gasteiger charge is -2.32. The molecule has 9 heteroatoms. The monoisotopic (exact) mass is 491 g/mol. The molecule has 0 radical (unpaired) electrons. The number of nitrogens with zero attached hydrogens (tertiary/aromatic N) is 5. The van der Waals surface area contributed by atoms with E-state index in [9.17, 15) is 13.2 Å². The Bertz CT molecular complexity index is 1050. The van der Waals surface area contributed by atoms with E-state index in [1.807, 2.05) is 6.07 Å². The molecule has 2 aromatic heterocycles. The van der Waals surface area contributed by atoms with Gasteiger partial charge in [0.25, 0.3) is 0 Å². The van der Waals surface area contributed by atoms with Crippen LogP contribution in [0.1, 0.15) is 29.7 Å². The summed E-state index contributed by atoms with van der Waals surface area (Å²) in [5.74, 6) is 0.762. The zero-order valence-electron chi connectivity index (χ0n) is 19.8. The van der Waals surface area contributed by atoms with E-state index in [2.05, 4.69) is 63.0 Å². The van der Waals surface area contributed by atoms with Crippen LogP contribution in [0.3, 0.4) is 0 Å². The summed E-state index contributed by atoms with van der Waals surface area (Å²) in [6.07, 6.45) is -0.566. The van der Waals surface area contributed by atoms with Gasteiger partial charge in [0.2, 0.25) is 0 Å². The highest BCUT2D eigenvalue weighted by molar-refractivity contribution is 7.18. The third kappa shape index (κ3) is 6.67. The number of benzene rings is 1. The Morgan fingerprint density at radius 1 is 1.06 bits per heavy atom. The van der Waals surface area contributed by atoms with Gasteiger partial charge in [-0.15, -0.1) is 11.3 Å². The van der Waals surface area contributed by atoms with E-state index in [1.54, 1.807) is 6.07 Å². The molecule has 0 amide bonds. The van der Waals surface area contributed by atoms with Crippen LogP contribution in [-0.4, -0.2) is 72.3 Å². The fourth-order valence-electron chi connectivity index (χ4n) is 4.62. The summed E-state index contributed by atoms with van der Waals surface area (Å²) in [6.45, 7) is 4.59. The van der Waals surface area contributed by atoms with Gasteiger partial charge in [-0.3, -0.25) is 4.90 Å². The summed E-state index contributed by atoms with van der Waals surface area (Å²) < 4.78 is 38.8. The average Bonchev–Trinajstić information content (AvgIpc) is 3.02. The van der Waals surface area contributed by atoms with Crippen molar-refractivity contribution in [1.82, 2.24) is 19.8 Å². The molecule has 3 heterocycles. The number of hydrogen-bond acceptors (Lipinski definition) is 6. The van der Waals surface area contributed by atoms with E-state index in [4.69, 9.17) is 0 Å². The van der Waals surface area contributed by atoms with Crippen molar-refractivity contribution >= 4 is 27.4 Å². The van der Waals surface area contributed by atoms with Crippen molar-refractivity contribution in [3.63, 3.8) is 0 Å². The second-order valence-electron chi connectivity index (χ2n) is 9.25. The molecule has 0 unspecified atom stereocenters. The summed E-state index contributed by atoms with van der Waals surface area (Å²) >= 11 is 1.11. The van der Waals surface area contributed by atoms with Crippen molar-refractivity contribution in [3.8, 4) is 0 Å². The summed E-state index contributed by atoms with van der Waals surface area (Å²) in [5.41, 5.74) is 1.32. The van der Waals surface area contributed by atoms with Crippen molar-refractivity contribution in [3.05, 3.63) is 53.2 Å². The van der Waals surface area contributed by atoms with Crippen LogP contribution >= 0.6 is 11.3 Å². The zero-order valence-corrected chi connectivity index (χ0v) is 20.6. The Morgan fingerprint density at radius 3 is 2.59 bits per heavy atom. The molecular weight excluding hydrogens is 459 g/mol. The normalized spacial score (nSPS) is 17.6. The molecule has 1 aliphatic heterocycles. The summed E-state index contributed by atoms with van der Waals surface area (Å²) in [6, 6.07) is 12.7. The van der Waals surface area contributed by atoms with Gasteiger partial charge < -0.3 is 9.80 Å². The summed E-state index contributed by atoms with van der Waals surface area (Å²) in [4.78, 5) is 16.7. The molecule has 5 nitrogen and oxygen atoms in total. The first kappa shape index (κ1) is 24.9. The van der Waals surface area contributed by atoms with Crippen molar-refractivity contribution < 1.29 is 13.2 Å². The van der Waals surface area contributed by atoms with Crippen LogP contribution in [0.5, 0.6) is 0 Å². The maximum absolute atomic E-state index is 12.9. The molecule has 1 aromatic carbocycles. The van der Waals surface area contributed by atoms with E-state index in [1.165, 1.54) is 11.9 Å². The first-order chi connectivity index (χ1) is 16.3. The fourth-order valence-corrected chi connectivity index (χ4v) is 5.64. The number of anilines is 1. The standard InChI is InChI=1S/C25H32F3N5S/c1-31(2)13-14-33(17-19-7-4-3-5-8-19)20-9-6-11-32(12-10-20)23-22-15-21(16-25(26,27)28)34-24(22)30-18-29-23/h3-5,7-8,15,18,20H,6,9-14,16-17H2,1-2H3/t20-/m0/s1. The fraction of sp³-hybridized carbons (Fsp3) is 0.520. The second-order valence-corrected chi connectivity index (χ2v) is 10.4. The number of likely N-dealkylation sites (N-methyl/N-ethyl adjacent to an activating group) is 1. The number of halogens is 3. The number of fused-ring (bicyclic) bond motifs is 1. The number of thiophene rings is 1. The van der Waals surface area contributed by atoms with Crippen LogP contribution in [0.15, 0.2) is 42.7 Å². The van der Waals surface area contributed by atoms with Gasteiger partial charge in [0.05, 0.1) is 11.8 Å². The van der Waals surface area contributed by atoms with Crippen LogP contribution < -0.4 is 4.90 Å². The Hall–Kier alpha value is -2.23. The predicted octanol–water partition coefficient (Wildman–Crippen LogP) is 5.22. The summed E-state index contributed by atoms with van der Waals surface area (Å²) in [5, 5.41) is 0.735. The predicted molar refractivity (Wildman–Crippen MR) is 132 cm³/mol. The molecular formula is C25H32F3N5S. The lowest BCUT2D eigenvalue weighted by Crippen LogP contribution is -2.40. The molecule has 4 rings (SSSR count). The SMILES string of the molecule is CN(C)CCN(Cc1ccccc1)[C@H]1CCCN(c2ncnc3sc(CC(F)(F)F)cc23)CC1. The topological polar surface area (TPSA) is 35.5 Å². The Morgan fingerprint density at radius 2 is 1.85 bits per heavy atom. The van der Waals surface area contributed by atoms with Crippen LogP contribution in [0, 0.1) is 0 Å². The van der Waals surface area contributed by atoms with Gasteiger partial charge in [-0.25, -0.2) is 9.97 Å².